The normalized spacial score (nSPS) is 13.7. The smallest absolute Gasteiger partial charge is 0.311 e. The molecule has 0 amide bonds. The predicted molar refractivity (Wildman–Crippen MR) is 79.8 cm³/mol. The molecular formula is C15H17ClN2O3. The van der Waals surface area contributed by atoms with Gasteiger partial charge in [0.15, 0.2) is 0 Å². The van der Waals surface area contributed by atoms with E-state index in [1.54, 1.807) is 32.0 Å². The van der Waals surface area contributed by atoms with Gasteiger partial charge in [-0.15, -0.1) is 0 Å². The van der Waals surface area contributed by atoms with Crippen LogP contribution in [0.2, 0.25) is 5.02 Å². The molecule has 5 nitrogen and oxygen atoms in total. The van der Waals surface area contributed by atoms with E-state index in [4.69, 9.17) is 16.3 Å². The second kappa shape index (κ2) is 6.74. The summed E-state index contributed by atoms with van der Waals surface area (Å²) >= 11 is 5.84. The van der Waals surface area contributed by atoms with Gasteiger partial charge in [-0.05, 0) is 32.0 Å². The van der Waals surface area contributed by atoms with Crippen molar-refractivity contribution in [1.82, 2.24) is 10.2 Å². The first-order chi connectivity index (χ1) is 10.0. The molecule has 2 rings (SSSR count). The molecule has 0 aliphatic heterocycles. The Bertz CT molecular complexity index is 610. The van der Waals surface area contributed by atoms with Crippen LogP contribution >= 0.6 is 11.6 Å². The number of carbonyl (C=O) groups is 1. The van der Waals surface area contributed by atoms with E-state index >= 15 is 0 Å². The molecule has 0 bridgehead atoms. The third-order valence-electron chi connectivity index (χ3n) is 3.19. The van der Waals surface area contributed by atoms with Crippen LogP contribution in [0.5, 0.6) is 0 Å². The maximum atomic E-state index is 11.6. The number of benzene rings is 1. The van der Waals surface area contributed by atoms with Crippen molar-refractivity contribution in [2.45, 2.75) is 20.0 Å². The number of aromatic nitrogens is 2. The average molecular weight is 309 g/mol. The van der Waals surface area contributed by atoms with Gasteiger partial charge in [0.1, 0.15) is 6.10 Å². The van der Waals surface area contributed by atoms with Crippen LogP contribution in [0.4, 0.5) is 0 Å². The van der Waals surface area contributed by atoms with Crippen molar-refractivity contribution in [3.8, 4) is 11.3 Å². The van der Waals surface area contributed by atoms with Gasteiger partial charge in [-0.25, -0.2) is 0 Å². The van der Waals surface area contributed by atoms with Crippen molar-refractivity contribution in [2.24, 2.45) is 5.92 Å². The maximum Gasteiger partial charge on any atom is 0.311 e. The van der Waals surface area contributed by atoms with E-state index in [9.17, 15) is 9.90 Å². The van der Waals surface area contributed by atoms with Gasteiger partial charge in [-0.1, -0.05) is 23.7 Å². The monoisotopic (exact) mass is 308 g/mol. The van der Waals surface area contributed by atoms with Crippen LogP contribution < -0.4 is 0 Å². The van der Waals surface area contributed by atoms with Gasteiger partial charge in [-0.2, -0.15) is 5.10 Å². The van der Waals surface area contributed by atoms with E-state index in [0.29, 0.717) is 16.4 Å². The summed E-state index contributed by atoms with van der Waals surface area (Å²) in [5.41, 5.74) is 2.02. The van der Waals surface area contributed by atoms with E-state index in [2.05, 4.69) is 10.2 Å². The first-order valence-corrected chi connectivity index (χ1v) is 7.06. The number of carbonyl (C=O) groups excluding carboxylic acids is 1. The van der Waals surface area contributed by atoms with Crippen molar-refractivity contribution < 1.29 is 14.6 Å². The van der Waals surface area contributed by atoms with Crippen molar-refractivity contribution in [2.75, 3.05) is 6.61 Å². The Hall–Kier alpha value is -1.85. The van der Waals surface area contributed by atoms with Gasteiger partial charge in [0, 0.05) is 10.6 Å². The summed E-state index contributed by atoms with van der Waals surface area (Å²) in [7, 11) is 0. The molecule has 1 aromatic carbocycles. The number of H-pyrrole nitrogens is 1. The van der Waals surface area contributed by atoms with Gasteiger partial charge in [0.25, 0.3) is 0 Å². The summed E-state index contributed by atoms with van der Waals surface area (Å²) in [6.07, 6.45) is -0.988. The molecule has 0 radical (unpaired) electrons. The molecule has 0 unspecified atom stereocenters. The molecule has 6 heteroatoms. The number of ether oxygens (including phenoxy) is 1. The summed E-state index contributed by atoms with van der Waals surface area (Å²) in [5, 5.41) is 17.7. The van der Waals surface area contributed by atoms with Crippen LogP contribution in [-0.2, 0) is 9.53 Å². The number of rotatable bonds is 5. The highest BCUT2D eigenvalue weighted by Gasteiger charge is 2.26. The van der Waals surface area contributed by atoms with Crippen LogP contribution in [0.3, 0.4) is 0 Å². The zero-order valence-electron chi connectivity index (χ0n) is 11.8. The summed E-state index contributed by atoms with van der Waals surface area (Å²) in [6, 6.07) is 8.92. The number of halogens is 1. The Morgan fingerprint density at radius 3 is 2.71 bits per heavy atom. The minimum Gasteiger partial charge on any atom is -0.466 e. The van der Waals surface area contributed by atoms with Crippen molar-refractivity contribution in [3.05, 3.63) is 41.0 Å². The quantitative estimate of drug-likeness (QED) is 0.833. The van der Waals surface area contributed by atoms with Crippen molar-refractivity contribution >= 4 is 17.6 Å². The lowest BCUT2D eigenvalue weighted by atomic mass is 10.0. The molecule has 0 fully saturated rings. The molecule has 112 valence electrons. The van der Waals surface area contributed by atoms with Gasteiger partial charge in [0.05, 0.1) is 23.9 Å². The molecular weight excluding hydrogens is 292 g/mol. The Morgan fingerprint density at radius 1 is 1.43 bits per heavy atom. The van der Waals surface area contributed by atoms with Crippen LogP contribution in [0.1, 0.15) is 25.6 Å². The minimum atomic E-state index is -0.988. The number of nitrogens with zero attached hydrogens (tertiary/aromatic N) is 1. The second-order valence-electron chi connectivity index (χ2n) is 4.70. The van der Waals surface area contributed by atoms with E-state index < -0.39 is 18.0 Å². The van der Waals surface area contributed by atoms with Crippen molar-refractivity contribution in [1.29, 1.82) is 0 Å². The highest BCUT2D eigenvalue weighted by atomic mass is 35.5. The third-order valence-corrected chi connectivity index (χ3v) is 3.44. The first-order valence-electron chi connectivity index (χ1n) is 6.69. The van der Waals surface area contributed by atoms with Gasteiger partial charge < -0.3 is 9.84 Å². The number of aliphatic hydroxyl groups excluding tert-OH is 1. The van der Waals surface area contributed by atoms with Gasteiger partial charge in [0.2, 0.25) is 0 Å². The van der Waals surface area contributed by atoms with E-state index in [0.717, 1.165) is 5.56 Å². The largest absolute Gasteiger partial charge is 0.466 e. The molecule has 0 saturated carbocycles. The van der Waals surface area contributed by atoms with Crippen LogP contribution in [0.15, 0.2) is 30.3 Å². The van der Waals surface area contributed by atoms with E-state index in [1.165, 1.54) is 0 Å². The number of hydrogen-bond acceptors (Lipinski definition) is 4. The molecule has 1 aromatic heterocycles. The molecule has 21 heavy (non-hydrogen) atoms. The fourth-order valence-corrected chi connectivity index (χ4v) is 2.05. The molecule has 0 aliphatic carbocycles. The summed E-state index contributed by atoms with van der Waals surface area (Å²) < 4.78 is 4.90. The first kappa shape index (κ1) is 15.5. The van der Waals surface area contributed by atoms with Gasteiger partial charge in [-0.3, -0.25) is 9.89 Å². The minimum absolute atomic E-state index is 0.287. The molecule has 2 N–H and O–H groups in total. The maximum absolute atomic E-state index is 11.6. The summed E-state index contributed by atoms with van der Waals surface area (Å²) in [5.74, 6) is -1.10. The summed E-state index contributed by atoms with van der Waals surface area (Å²) in [4.78, 5) is 11.6. The summed E-state index contributed by atoms with van der Waals surface area (Å²) in [6.45, 7) is 3.63. The fourth-order valence-electron chi connectivity index (χ4n) is 1.93. The Balaban J connectivity index is 2.15. The molecule has 1 heterocycles. The molecule has 2 atom stereocenters. The predicted octanol–water partition coefficient (Wildman–Crippen LogP) is 2.96. The molecule has 0 spiro atoms. The average Bonchev–Trinajstić information content (AvgIpc) is 2.96. The number of hydrogen-bond donors (Lipinski definition) is 2. The lowest BCUT2D eigenvalue weighted by Gasteiger charge is -2.15. The SMILES string of the molecule is CCOC(=O)[C@@H](C)[C@@H](O)c1cc(-c2ccc(Cl)cc2)n[nH]1. The standard InChI is InChI=1S/C15H17ClN2O3/c1-3-21-15(20)9(2)14(19)13-8-12(17-18-13)10-4-6-11(16)7-5-10/h4-9,14,19H,3H2,1-2H3,(H,17,18)/t9-,14+/m0/s1. The Kier molecular flexibility index (Phi) is 4.98. The molecule has 0 aliphatic rings. The molecule has 2 aromatic rings. The number of aromatic amines is 1. The van der Waals surface area contributed by atoms with Crippen molar-refractivity contribution in [3.63, 3.8) is 0 Å². The fraction of sp³-hybridized carbons (Fsp3) is 0.333. The van der Waals surface area contributed by atoms with Crippen LogP contribution in [0, 0.1) is 5.92 Å². The lowest BCUT2D eigenvalue weighted by molar-refractivity contribution is -0.151. The van der Waals surface area contributed by atoms with E-state index in [1.807, 2.05) is 12.1 Å². The zero-order chi connectivity index (χ0) is 15.4. The zero-order valence-corrected chi connectivity index (χ0v) is 12.6. The highest BCUT2D eigenvalue weighted by Crippen LogP contribution is 2.26. The Labute approximate surface area is 127 Å². The number of nitrogens with one attached hydrogen (secondary N) is 1. The number of esters is 1. The third kappa shape index (κ3) is 3.62. The van der Waals surface area contributed by atoms with Crippen LogP contribution in [-0.4, -0.2) is 27.9 Å². The number of aliphatic hydroxyl groups is 1. The van der Waals surface area contributed by atoms with Gasteiger partial charge >= 0.3 is 5.97 Å². The second-order valence-corrected chi connectivity index (χ2v) is 5.14. The van der Waals surface area contributed by atoms with E-state index in [-0.39, 0.29) is 6.61 Å². The lowest BCUT2D eigenvalue weighted by Crippen LogP contribution is -2.22. The topological polar surface area (TPSA) is 75.2 Å². The molecule has 0 saturated heterocycles. The van der Waals surface area contributed by atoms with Crippen LogP contribution in [0.25, 0.3) is 11.3 Å². The highest BCUT2D eigenvalue weighted by molar-refractivity contribution is 6.30. The Morgan fingerprint density at radius 2 is 2.10 bits per heavy atom.